The second-order valence-corrected chi connectivity index (χ2v) is 4.35. The maximum absolute atomic E-state index is 11.9. The van der Waals surface area contributed by atoms with Gasteiger partial charge >= 0.3 is 0 Å². The van der Waals surface area contributed by atoms with E-state index >= 15 is 0 Å². The average Bonchev–Trinajstić information content (AvgIpc) is 2.21. The molecule has 1 rings (SSSR count). The molecular formula is C11H15NO3. The zero-order valence-corrected chi connectivity index (χ0v) is 8.99. The lowest BCUT2D eigenvalue weighted by atomic mass is 9.85. The van der Waals surface area contributed by atoms with Gasteiger partial charge < -0.3 is 9.84 Å². The van der Waals surface area contributed by atoms with Gasteiger partial charge in [-0.3, -0.25) is 4.79 Å². The quantitative estimate of drug-likeness (QED) is 0.641. The maximum atomic E-state index is 11.9. The van der Waals surface area contributed by atoms with Crippen molar-refractivity contribution in [3.8, 4) is 6.07 Å². The first-order chi connectivity index (χ1) is 6.97. The third kappa shape index (κ3) is 2.88. The minimum atomic E-state index is -0.703. The number of hydrogen-bond acceptors (Lipinski definition) is 4. The fraction of sp³-hybridized carbons (Fsp3) is 0.636. The highest BCUT2D eigenvalue weighted by molar-refractivity contribution is 6.02. The van der Waals surface area contributed by atoms with Crippen molar-refractivity contribution in [3.63, 3.8) is 0 Å². The SMILES string of the molecule is CC1(C)COCC(O)C/C=C(/C#N)C1=O. The highest BCUT2D eigenvalue weighted by Crippen LogP contribution is 2.23. The zero-order valence-electron chi connectivity index (χ0n) is 8.99. The predicted octanol–water partition coefficient (Wildman–Crippen LogP) is 0.813. The molecule has 0 saturated carbocycles. The van der Waals surface area contributed by atoms with Gasteiger partial charge in [0.05, 0.1) is 30.3 Å². The number of Topliss-reactive ketones (excluding diaryl/α,β-unsaturated/α-hetero) is 1. The van der Waals surface area contributed by atoms with Crippen LogP contribution in [0.3, 0.4) is 0 Å². The van der Waals surface area contributed by atoms with Crippen molar-refractivity contribution >= 4 is 5.78 Å². The number of nitriles is 1. The predicted molar refractivity (Wildman–Crippen MR) is 53.9 cm³/mol. The summed E-state index contributed by atoms with van der Waals surface area (Å²) in [5, 5.41) is 18.2. The van der Waals surface area contributed by atoms with Gasteiger partial charge in [-0.15, -0.1) is 0 Å². The van der Waals surface area contributed by atoms with Crippen LogP contribution in [0, 0.1) is 16.7 Å². The topological polar surface area (TPSA) is 70.3 Å². The largest absolute Gasteiger partial charge is 0.390 e. The molecule has 0 aliphatic carbocycles. The first kappa shape index (κ1) is 11.9. The lowest BCUT2D eigenvalue weighted by Crippen LogP contribution is -2.31. The van der Waals surface area contributed by atoms with E-state index in [0.717, 1.165) is 0 Å². The van der Waals surface area contributed by atoms with Gasteiger partial charge in [-0.25, -0.2) is 0 Å². The second-order valence-electron chi connectivity index (χ2n) is 4.35. The molecule has 1 atom stereocenters. The Kier molecular flexibility index (Phi) is 3.61. The highest BCUT2D eigenvalue weighted by Gasteiger charge is 2.31. The molecule has 15 heavy (non-hydrogen) atoms. The normalized spacial score (nSPS) is 30.4. The monoisotopic (exact) mass is 209 g/mol. The molecule has 1 heterocycles. The molecule has 1 N–H and O–H groups in total. The van der Waals surface area contributed by atoms with E-state index in [2.05, 4.69) is 0 Å². The Hall–Kier alpha value is -1.18. The Balaban J connectivity index is 2.97. The van der Waals surface area contributed by atoms with Crippen LogP contribution < -0.4 is 0 Å². The lowest BCUT2D eigenvalue weighted by Gasteiger charge is -2.21. The van der Waals surface area contributed by atoms with E-state index in [1.54, 1.807) is 13.8 Å². The van der Waals surface area contributed by atoms with Crippen LogP contribution in [0.25, 0.3) is 0 Å². The van der Waals surface area contributed by atoms with Crippen LogP contribution in [0.4, 0.5) is 0 Å². The van der Waals surface area contributed by atoms with Crippen molar-refractivity contribution in [2.24, 2.45) is 5.41 Å². The van der Waals surface area contributed by atoms with Crippen molar-refractivity contribution in [1.29, 1.82) is 5.26 Å². The Morgan fingerprint density at radius 1 is 1.67 bits per heavy atom. The number of ketones is 1. The molecule has 0 amide bonds. The molecule has 0 bridgehead atoms. The molecule has 1 aliphatic heterocycles. The number of aliphatic hydroxyl groups is 1. The Morgan fingerprint density at radius 3 is 2.93 bits per heavy atom. The minimum Gasteiger partial charge on any atom is -0.390 e. The van der Waals surface area contributed by atoms with E-state index in [0.29, 0.717) is 0 Å². The van der Waals surface area contributed by atoms with E-state index in [-0.39, 0.29) is 31.0 Å². The molecule has 0 spiro atoms. The fourth-order valence-electron chi connectivity index (χ4n) is 1.39. The van der Waals surface area contributed by atoms with Gasteiger partial charge in [0.25, 0.3) is 0 Å². The van der Waals surface area contributed by atoms with E-state index in [9.17, 15) is 9.90 Å². The van der Waals surface area contributed by atoms with Crippen LogP contribution in [0.2, 0.25) is 0 Å². The number of ether oxygens (including phenoxy) is 1. The summed E-state index contributed by atoms with van der Waals surface area (Å²) in [4.78, 5) is 11.9. The number of hydrogen-bond donors (Lipinski definition) is 1. The first-order valence-corrected chi connectivity index (χ1v) is 4.88. The molecule has 4 heteroatoms. The van der Waals surface area contributed by atoms with Gasteiger partial charge in [0.2, 0.25) is 0 Å². The summed E-state index contributed by atoms with van der Waals surface area (Å²) in [7, 11) is 0. The van der Waals surface area contributed by atoms with Gasteiger partial charge in [0.1, 0.15) is 6.07 Å². The summed E-state index contributed by atoms with van der Waals surface area (Å²) in [6.07, 6.45) is 1.13. The number of carbonyl (C=O) groups is 1. The van der Waals surface area contributed by atoms with Gasteiger partial charge in [0, 0.05) is 0 Å². The van der Waals surface area contributed by atoms with Crippen molar-refractivity contribution < 1.29 is 14.6 Å². The smallest absolute Gasteiger partial charge is 0.180 e. The lowest BCUT2D eigenvalue weighted by molar-refractivity contribution is -0.126. The van der Waals surface area contributed by atoms with Crippen LogP contribution in [0.5, 0.6) is 0 Å². The summed E-state index contributed by atoms with van der Waals surface area (Å²) in [5.41, 5.74) is -0.587. The van der Waals surface area contributed by atoms with Crippen molar-refractivity contribution in [2.45, 2.75) is 26.4 Å². The fourth-order valence-corrected chi connectivity index (χ4v) is 1.39. The molecule has 4 nitrogen and oxygen atoms in total. The van der Waals surface area contributed by atoms with Gasteiger partial charge in [-0.2, -0.15) is 5.26 Å². The van der Waals surface area contributed by atoms with Crippen molar-refractivity contribution in [3.05, 3.63) is 11.6 Å². The third-order valence-corrected chi connectivity index (χ3v) is 2.35. The Bertz CT molecular complexity index is 325. The van der Waals surface area contributed by atoms with Crippen LogP contribution in [0.15, 0.2) is 11.6 Å². The average molecular weight is 209 g/mol. The summed E-state index contributed by atoms with van der Waals surface area (Å²) < 4.78 is 5.23. The molecule has 1 aliphatic rings. The molecular weight excluding hydrogens is 194 g/mol. The number of nitrogens with zero attached hydrogens (tertiary/aromatic N) is 1. The molecule has 0 radical (unpaired) electrons. The maximum Gasteiger partial charge on any atom is 0.180 e. The molecule has 0 aromatic carbocycles. The standard InChI is InChI=1S/C11H15NO3/c1-11(2)7-15-6-9(13)4-3-8(5-12)10(11)14/h3,9,13H,4,6-7H2,1-2H3/b8-3-. The number of aliphatic hydroxyl groups excluding tert-OH is 1. The van der Waals surface area contributed by atoms with Crippen molar-refractivity contribution in [2.75, 3.05) is 13.2 Å². The third-order valence-electron chi connectivity index (χ3n) is 2.35. The van der Waals surface area contributed by atoms with E-state index in [4.69, 9.17) is 10.00 Å². The van der Waals surface area contributed by atoms with Gasteiger partial charge in [-0.05, 0) is 6.42 Å². The summed E-state index contributed by atoms with van der Waals surface area (Å²) in [5.74, 6) is -0.223. The molecule has 1 unspecified atom stereocenters. The Labute approximate surface area is 89.2 Å². The number of allylic oxidation sites excluding steroid dienone is 1. The zero-order chi connectivity index (χ0) is 11.5. The minimum absolute atomic E-state index is 0.115. The molecule has 82 valence electrons. The van der Waals surface area contributed by atoms with Gasteiger partial charge in [0.15, 0.2) is 5.78 Å². The molecule has 0 aromatic heterocycles. The molecule has 0 aromatic rings. The van der Waals surface area contributed by atoms with Crippen molar-refractivity contribution in [1.82, 2.24) is 0 Å². The van der Waals surface area contributed by atoms with E-state index in [1.165, 1.54) is 6.08 Å². The van der Waals surface area contributed by atoms with Gasteiger partial charge in [-0.1, -0.05) is 19.9 Å². The van der Waals surface area contributed by atoms with Crippen LogP contribution in [-0.4, -0.2) is 30.2 Å². The highest BCUT2D eigenvalue weighted by atomic mass is 16.5. The number of carbonyl (C=O) groups excluding carboxylic acids is 1. The molecule has 0 fully saturated rings. The second kappa shape index (κ2) is 4.56. The summed E-state index contributed by atoms with van der Waals surface area (Å²) in [6, 6.07) is 1.87. The molecule has 0 saturated heterocycles. The van der Waals surface area contributed by atoms with Crippen LogP contribution in [0.1, 0.15) is 20.3 Å². The van der Waals surface area contributed by atoms with Crippen LogP contribution in [-0.2, 0) is 9.53 Å². The van der Waals surface area contributed by atoms with E-state index < -0.39 is 11.5 Å². The first-order valence-electron chi connectivity index (χ1n) is 4.88. The Morgan fingerprint density at radius 2 is 2.33 bits per heavy atom. The number of rotatable bonds is 0. The van der Waals surface area contributed by atoms with Crippen LogP contribution >= 0.6 is 0 Å². The van der Waals surface area contributed by atoms with E-state index in [1.807, 2.05) is 6.07 Å². The summed E-state index contributed by atoms with van der Waals surface area (Å²) in [6.45, 7) is 3.89. The summed E-state index contributed by atoms with van der Waals surface area (Å²) >= 11 is 0.